The smallest absolute Gasteiger partial charge is 0.410 e. The SMILES string of the molecule is CCC[C@H]1CN(c2ccccc2C(=O)O)CCN1C(=O)OC(C)(C)C. The molecule has 1 aromatic rings. The first-order valence-electron chi connectivity index (χ1n) is 8.80. The number of hydrogen-bond donors (Lipinski definition) is 1. The fraction of sp³-hybridized carbons (Fsp3) is 0.579. The quantitative estimate of drug-likeness (QED) is 0.900. The van der Waals surface area contributed by atoms with E-state index in [0.29, 0.717) is 30.9 Å². The molecule has 2 rings (SSSR count). The van der Waals surface area contributed by atoms with Gasteiger partial charge < -0.3 is 19.6 Å². The second-order valence-corrected chi connectivity index (χ2v) is 7.38. The number of carbonyl (C=O) groups is 2. The minimum absolute atomic E-state index is 0.00968. The number of para-hydroxylation sites is 1. The second-order valence-electron chi connectivity index (χ2n) is 7.38. The van der Waals surface area contributed by atoms with E-state index in [1.165, 1.54) is 0 Å². The number of piperazine rings is 1. The summed E-state index contributed by atoms with van der Waals surface area (Å²) in [4.78, 5) is 27.8. The number of nitrogens with zero attached hydrogens (tertiary/aromatic N) is 2. The summed E-state index contributed by atoms with van der Waals surface area (Å²) in [6, 6.07) is 7.03. The molecule has 1 atom stereocenters. The number of hydrogen-bond acceptors (Lipinski definition) is 4. The van der Waals surface area contributed by atoms with Gasteiger partial charge in [-0.1, -0.05) is 25.5 Å². The van der Waals surface area contributed by atoms with E-state index in [1.54, 1.807) is 17.0 Å². The predicted octanol–water partition coefficient (Wildman–Crippen LogP) is 3.61. The Morgan fingerprint density at radius 1 is 1.24 bits per heavy atom. The van der Waals surface area contributed by atoms with Gasteiger partial charge in [0, 0.05) is 19.6 Å². The van der Waals surface area contributed by atoms with E-state index in [-0.39, 0.29) is 12.1 Å². The minimum atomic E-state index is -0.933. The van der Waals surface area contributed by atoms with E-state index in [2.05, 4.69) is 11.8 Å². The Kier molecular flexibility index (Phi) is 5.93. The molecule has 0 radical (unpaired) electrons. The maximum Gasteiger partial charge on any atom is 0.410 e. The van der Waals surface area contributed by atoms with Crippen LogP contribution in [-0.4, -0.2) is 53.3 Å². The molecule has 0 bridgehead atoms. The van der Waals surface area contributed by atoms with Crippen molar-refractivity contribution in [1.29, 1.82) is 0 Å². The van der Waals surface area contributed by atoms with Crippen LogP contribution in [0.5, 0.6) is 0 Å². The zero-order valence-electron chi connectivity index (χ0n) is 15.5. The molecule has 1 amide bonds. The average Bonchev–Trinajstić information content (AvgIpc) is 2.53. The Labute approximate surface area is 149 Å². The third-order valence-electron chi connectivity index (χ3n) is 4.21. The number of anilines is 1. The van der Waals surface area contributed by atoms with E-state index in [1.807, 2.05) is 32.9 Å². The minimum Gasteiger partial charge on any atom is -0.478 e. The molecule has 1 aromatic carbocycles. The summed E-state index contributed by atoms with van der Waals surface area (Å²) in [7, 11) is 0. The largest absolute Gasteiger partial charge is 0.478 e. The van der Waals surface area contributed by atoms with Crippen molar-refractivity contribution in [2.45, 2.75) is 52.2 Å². The topological polar surface area (TPSA) is 70.1 Å². The number of ether oxygens (including phenoxy) is 1. The maximum absolute atomic E-state index is 12.5. The molecule has 1 fully saturated rings. The van der Waals surface area contributed by atoms with Crippen molar-refractivity contribution >= 4 is 17.7 Å². The second kappa shape index (κ2) is 7.76. The maximum atomic E-state index is 12.5. The molecule has 6 heteroatoms. The molecule has 1 aliphatic heterocycles. The molecule has 6 nitrogen and oxygen atoms in total. The van der Waals surface area contributed by atoms with Gasteiger partial charge in [0.2, 0.25) is 0 Å². The van der Waals surface area contributed by atoms with Gasteiger partial charge in [-0.05, 0) is 39.3 Å². The first-order valence-corrected chi connectivity index (χ1v) is 8.80. The Balaban J connectivity index is 2.19. The normalized spacial score (nSPS) is 18.2. The lowest BCUT2D eigenvalue weighted by molar-refractivity contribution is 0.0130. The van der Waals surface area contributed by atoms with E-state index in [0.717, 1.165) is 12.8 Å². The molecule has 1 heterocycles. The fourth-order valence-corrected chi connectivity index (χ4v) is 3.15. The summed E-state index contributed by atoms with van der Waals surface area (Å²) < 4.78 is 5.53. The van der Waals surface area contributed by atoms with Crippen molar-refractivity contribution in [3.8, 4) is 0 Å². The molecule has 1 N–H and O–H groups in total. The van der Waals surface area contributed by atoms with Crippen LogP contribution in [0.3, 0.4) is 0 Å². The number of carboxylic acids is 1. The molecule has 0 unspecified atom stereocenters. The molecule has 1 saturated heterocycles. The number of carbonyl (C=O) groups excluding carboxylic acids is 1. The number of carboxylic acid groups (broad SMARTS) is 1. The highest BCUT2D eigenvalue weighted by Gasteiger charge is 2.33. The number of aromatic carboxylic acids is 1. The van der Waals surface area contributed by atoms with Gasteiger partial charge in [0.25, 0.3) is 0 Å². The van der Waals surface area contributed by atoms with E-state index >= 15 is 0 Å². The zero-order chi connectivity index (χ0) is 18.6. The highest BCUT2D eigenvalue weighted by atomic mass is 16.6. The predicted molar refractivity (Wildman–Crippen MR) is 97.3 cm³/mol. The lowest BCUT2D eigenvalue weighted by atomic mass is 10.0. The van der Waals surface area contributed by atoms with Crippen molar-refractivity contribution in [2.24, 2.45) is 0 Å². The van der Waals surface area contributed by atoms with Crippen LogP contribution in [0.2, 0.25) is 0 Å². The van der Waals surface area contributed by atoms with Crippen molar-refractivity contribution in [3.05, 3.63) is 29.8 Å². The van der Waals surface area contributed by atoms with Gasteiger partial charge in [-0.25, -0.2) is 9.59 Å². The summed E-state index contributed by atoms with van der Waals surface area (Å²) in [6.07, 6.45) is 1.50. The van der Waals surface area contributed by atoms with Crippen LogP contribution in [0.4, 0.5) is 10.5 Å². The van der Waals surface area contributed by atoms with Crippen molar-refractivity contribution in [3.63, 3.8) is 0 Å². The number of amides is 1. The standard InChI is InChI=1S/C19H28N2O4/c1-5-8-14-13-20(16-10-7-6-9-15(16)17(22)23)11-12-21(14)18(24)25-19(2,3)4/h6-7,9-10,14H,5,8,11-13H2,1-4H3,(H,22,23)/t14-/m0/s1. The lowest BCUT2D eigenvalue weighted by Gasteiger charge is -2.43. The zero-order valence-corrected chi connectivity index (χ0v) is 15.5. The summed E-state index contributed by atoms with van der Waals surface area (Å²) in [5, 5.41) is 9.42. The van der Waals surface area contributed by atoms with Gasteiger partial charge in [0.15, 0.2) is 0 Å². The molecule has 138 valence electrons. The van der Waals surface area contributed by atoms with Gasteiger partial charge in [-0.2, -0.15) is 0 Å². The first-order chi connectivity index (χ1) is 11.7. The van der Waals surface area contributed by atoms with Crippen molar-refractivity contribution in [2.75, 3.05) is 24.5 Å². The van der Waals surface area contributed by atoms with Crippen LogP contribution in [0.15, 0.2) is 24.3 Å². The van der Waals surface area contributed by atoms with Gasteiger partial charge in [0.1, 0.15) is 5.60 Å². The first kappa shape index (κ1) is 19.1. The highest BCUT2D eigenvalue weighted by molar-refractivity contribution is 5.94. The van der Waals surface area contributed by atoms with E-state index in [9.17, 15) is 14.7 Å². The summed E-state index contributed by atoms with van der Waals surface area (Å²) in [5.41, 5.74) is 0.476. The molecular formula is C19H28N2O4. The summed E-state index contributed by atoms with van der Waals surface area (Å²) >= 11 is 0. The molecule has 0 aromatic heterocycles. The summed E-state index contributed by atoms with van der Waals surface area (Å²) in [6.45, 7) is 9.38. The highest BCUT2D eigenvalue weighted by Crippen LogP contribution is 2.26. The Morgan fingerprint density at radius 2 is 1.92 bits per heavy atom. The molecule has 0 aliphatic carbocycles. The molecule has 1 aliphatic rings. The van der Waals surface area contributed by atoms with Crippen molar-refractivity contribution < 1.29 is 19.4 Å². The van der Waals surface area contributed by atoms with E-state index < -0.39 is 11.6 Å². The molecular weight excluding hydrogens is 320 g/mol. The van der Waals surface area contributed by atoms with Gasteiger partial charge in [-0.15, -0.1) is 0 Å². The molecule has 0 spiro atoms. The summed E-state index contributed by atoms with van der Waals surface area (Å²) in [5.74, 6) is -0.933. The number of benzene rings is 1. The average molecular weight is 348 g/mol. The monoisotopic (exact) mass is 348 g/mol. The van der Waals surface area contributed by atoms with Gasteiger partial charge >= 0.3 is 12.1 Å². The van der Waals surface area contributed by atoms with Gasteiger partial charge in [-0.3, -0.25) is 0 Å². The van der Waals surface area contributed by atoms with Crippen LogP contribution in [-0.2, 0) is 4.74 Å². The van der Waals surface area contributed by atoms with Crippen LogP contribution in [0.25, 0.3) is 0 Å². The molecule has 0 saturated carbocycles. The lowest BCUT2D eigenvalue weighted by Crippen LogP contribution is -2.56. The van der Waals surface area contributed by atoms with Crippen LogP contribution in [0.1, 0.15) is 50.9 Å². The van der Waals surface area contributed by atoms with Crippen LogP contribution >= 0.6 is 0 Å². The third-order valence-corrected chi connectivity index (χ3v) is 4.21. The molecule has 25 heavy (non-hydrogen) atoms. The Bertz CT molecular complexity index is 624. The van der Waals surface area contributed by atoms with Crippen molar-refractivity contribution in [1.82, 2.24) is 4.90 Å². The number of rotatable bonds is 4. The Morgan fingerprint density at radius 3 is 2.52 bits per heavy atom. The fourth-order valence-electron chi connectivity index (χ4n) is 3.15. The Hall–Kier alpha value is -2.24. The van der Waals surface area contributed by atoms with Crippen LogP contribution < -0.4 is 4.90 Å². The third kappa shape index (κ3) is 4.87. The van der Waals surface area contributed by atoms with Gasteiger partial charge in [0.05, 0.1) is 17.3 Å². The van der Waals surface area contributed by atoms with E-state index in [4.69, 9.17) is 4.74 Å². The van der Waals surface area contributed by atoms with Crippen LogP contribution in [0, 0.1) is 0 Å².